The first kappa shape index (κ1) is 13.4. The van der Waals surface area contributed by atoms with Gasteiger partial charge >= 0.3 is 0 Å². The third kappa shape index (κ3) is 3.30. The van der Waals surface area contributed by atoms with E-state index in [4.69, 9.17) is 15.0 Å². The average Bonchev–Trinajstić information content (AvgIpc) is 3.16. The van der Waals surface area contributed by atoms with Crippen molar-refractivity contribution in [3.05, 3.63) is 11.7 Å². The molecule has 2 atom stereocenters. The summed E-state index contributed by atoms with van der Waals surface area (Å²) in [5, 5.41) is 4.84. The summed E-state index contributed by atoms with van der Waals surface area (Å²) in [7, 11) is 0. The van der Waals surface area contributed by atoms with Gasteiger partial charge in [0.2, 0.25) is 0 Å². The summed E-state index contributed by atoms with van der Waals surface area (Å²) >= 11 is 1.95. The van der Waals surface area contributed by atoms with Crippen molar-refractivity contribution < 1.29 is 9.26 Å². The van der Waals surface area contributed by atoms with Gasteiger partial charge in [0.1, 0.15) is 6.10 Å². The quantitative estimate of drug-likeness (QED) is 0.894. The third-order valence-corrected chi connectivity index (χ3v) is 5.25. The van der Waals surface area contributed by atoms with Gasteiger partial charge in [-0.25, -0.2) is 0 Å². The summed E-state index contributed by atoms with van der Waals surface area (Å²) in [5.41, 5.74) is 5.60. The molecule has 0 spiro atoms. The van der Waals surface area contributed by atoms with E-state index in [1.165, 1.54) is 25.7 Å². The zero-order valence-electron chi connectivity index (χ0n) is 11.1. The molecule has 19 heavy (non-hydrogen) atoms. The Balaban J connectivity index is 1.51. The standard InChI is InChI=1S/C13H21N3O2S/c14-7-9-5-6-11(17-9)13-15-12(16-18-13)8-19-10-3-1-2-4-10/h9-11H,1-8,14H2. The van der Waals surface area contributed by atoms with Gasteiger partial charge in [0.25, 0.3) is 5.89 Å². The molecule has 106 valence electrons. The minimum absolute atomic E-state index is 0.0497. The van der Waals surface area contributed by atoms with Crippen molar-refractivity contribution in [2.24, 2.45) is 5.73 Å². The zero-order valence-corrected chi connectivity index (χ0v) is 11.9. The van der Waals surface area contributed by atoms with Crippen LogP contribution in [0.25, 0.3) is 0 Å². The number of hydrogen-bond acceptors (Lipinski definition) is 6. The van der Waals surface area contributed by atoms with Crippen molar-refractivity contribution in [1.29, 1.82) is 0 Å². The Bertz CT molecular complexity index is 406. The SMILES string of the molecule is NCC1CCC(c2nc(CSC3CCCC3)no2)O1. The molecule has 2 N–H and O–H groups in total. The largest absolute Gasteiger partial charge is 0.364 e. The van der Waals surface area contributed by atoms with Gasteiger partial charge in [-0.1, -0.05) is 18.0 Å². The number of nitrogens with two attached hydrogens (primary N) is 1. The van der Waals surface area contributed by atoms with E-state index in [9.17, 15) is 0 Å². The number of aromatic nitrogens is 2. The first-order valence-corrected chi connectivity index (χ1v) is 8.19. The van der Waals surface area contributed by atoms with Gasteiger partial charge < -0.3 is 15.0 Å². The Kier molecular flexibility index (Phi) is 4.40. The summed E-state index contributed by atoms with van der Waals surface area (Å²) in [5.74, 6) is 2.27. The second-order valence-electron chi connectivity index (χ2n) is 5.33. The lowest BCUT2D eigenvalue weighted by molar-refractivity contribution is 0.0307. The van der Waals surface area contributed by atoms with Crippen LogP contribution in [-0.4, -0.2) is 28.0 Å². The summed E-state index contributed by atoms with van der Waals surface area (Å²) in [6, 6.07) is 0. The summed E-state index contributed by atoms with van der Waals surface area (Å²) in [6.45, 7) is 0.565. The van der Waals surface area contributed by atoms with Crippen LogP contribution in [0.4, 0.5) is 0 Å². The second kappa shape index (κ2) is 6.24. The third-order valence-electron chi connectivity index (χ3n) is 3.88. The van der Waals surface area contributed by atoms with E-state index in [1.54, 1.807) is 0 Å². The van der Waals surface area contributed by atoms with Crippen molar-refractivity contribution in [1.82, 2.24) is 10.1 Å². The number of ether oxygens (including phenoxy) is 1. The molecule has 0 aromatic carbocycles. The number of nitrogens with zero attached hydrogens (tertiary/aromatic N) is 2. The second-order valence-corrected chi connectivity index (χ2v) is 6.61. The molecule has 1 saturated carbocycles. The van der Waals surface area contributed by atoms with Crippen molar-refractivity contribution in [2.45, 2.75) is 61.7 Å². The van der Waals surface area contributed by atoms with Gasteiger partial charge in [-0.05, 0) is 25.7 Å². The Labute approximate surface area is 117 Å². The molecule has 1 aliphatic carbocycles. The molecular weight excluding hydrogens is 262 g/mol. The first-order chi connectivity index (χ1) is 9.35. The van der Waals surface area contributed by atoms with Gasteiger partial charge in [-0.3, -0.25) is 0 Å². The van der Waals surface area contributed by atoms with Crippen LogP contribution in [0.1, 0.15) is 56.3 Å². The van der Waals surface area contributed by atoms with Crippen molar-refractivity contribution in [2.75, 3.05) is 6.54 Å². The maximum Gasteiger partial charge on any atom is 0.255 e. The van der Waals surface area contributed by atoms with Crippen LogP contribution < -0.4 is 5.73 Å². The van der Waals surface area contributed by atoms with Crippen molar-refractivity contribution in [3.8, 4) is 0 Å². The highest BCUT2D eigenvalue weighted by Gasteiger charge is 2.30. The van der Waals surface area contributed by atoms with Crippen molar-refractivity contribution in [3.63, 3.8) is 0 Å². The lowest BCUT2D eigenvalue weighted by atomic mass is 10.2. The molecule has 3 rings (SSSR count). The molecule has 2 aliphatic rings. The molecule has 1 aliphatic heterocycles. The van der Waals surface area contributed by atoms with Gasteiger partial charge in [0.15, 0.2) is 5.82 Å². The summed E-state index contributed by atoms with van der Waals surface area (Å²) in [6.07, 6.45) is 7.41. The van der Waals surface area contributed by atoms with Crippen molar-refractivity contribution >= 4 is 11.8 Å². The highest BCUT2D eigenvalue weighted by atomic mass is 32.2. The molecule has 0 bridgehead atoms. The summed E-state index contributed by atoms with van der Waals surface area (Å²) < 4.78 is 11.1. The van der Waals surface area contributed by atoms with Gasteiger partial charge in [0.05, 0.1) is 11.9 Å². The van der Waals surface area contributed by atoms with Crippen LogP contribution in [0.2, 0.25) is 0 Å². The normalized spacial score (nSPS) is 28.3. The lowest BCUT2D eigenvalue weighted by Gasteiger charge is -2.07. The predicted molar refractivity (Wildman–Crippen MR) is 73.8 cm³/mol. The zero-order chi connectivity index (χ0) is 13.1. The van der Waals surface area contributed by atoms with E-state index in [0.29, 0.717) is 12.4 Å². The maximum atomic E-state index is 5.76. The minimum Gasteiger partial charge on any atom is -0.364 e. The highest BCUT2D eigenvalue weighted by molar-refractivity contribution is 7.99. The Hall–Kier alpha value is -0.590. The fraction of sp³-hybridized carbons (Fsp3) is 0.846. The molecule has 2 heterocycles. The molecule has 0 radical (unpaired) electrons. The van der Waals surface area contributed by atoms with Crippen LogP contribution in [0.5, 0.6) is 0 Å². The van der Waals surface area contributed by atoms with Crippen LogP contribution in [-0.2, 0) is 10.5 Å². The Morgan fingerprint density at radius 3 is 2.79 bits per heavy atom. The van der Waals surface area contributed by atoms with E-state index in [-0.39, 0.29) is 12.2 Å². The van der Waals surface area contributed by atoms with E-state index >= 15 is 0 Å². The van der Waals surface area contributed by atoms with E-state index in [1.807, 2.05) is 11.8 Å². The van der Waals surface area contributed by atoms with Crippen LogP contribution in [0.15, 0.2) is 4.52 Å². The van der Waals surface area contributed by atoms with Gasteiger partial charge in [-0.15, -0.1) is 0 Å². The Morgan fingerprint density at radius 2 is 2.05 bits per heavy atom. The van der Waals surface area contributed by atoms with Gasteiger partial charge in [0, 0.05) is 11.8 Å². The van der Waals surface area contributed by atoms with Crippen LogP contribution >= 0.6 is 11.8 Å². The lowest BCUT2D eigenvalue weighted by Crippen LogP contribution is -2.18. The molecule has 1 saturated heterocycles. The number of hydrogen-bond donors (Lipinski definition) is 1. The Morgan fingerprint density at radius 1 is 1.21 bits per heavy atom. The molecule has 2 fully saturated rings. The van der Waals surface area contributed by atoms with Crippen LogP contribution in [0, 0.1) is 0 Å². The molecule has 2 unspecified atom stereocenters. The molecular formula is C13H21N3O2S. The summed E-state index contributed by atoms with van der Waals surface area (Å²) in [4.78, 5) is 4.46. The fourth-order valence-electron chi connectivity index (χ4n) is 2.77. The molecule has 5 nitrogen and oxygen atoms in total. The van der Waals surface area contributed by atoms with Gasteiger partial charge in [-0.2, -0.15) is 16.7 Å². The topological polar surface area (TPSA) is 74.2 Å². The molecule has 0 amide bonds. The van der Waals surface area contributed by atoms with Crippen LogP contribution in [0.3, 0.4) is 0 Å². The smallest absolute Gasteiger partial charge is 0.255 e. The van der Waals surface area contributed by atoms with E-state index in [0.717, 1.165) is 29.7 Å². The fourth-order valence-corrected chi connectivity index (χ4v) is 3.93. The number of rotatable bonds is 5. The van der Waals surface area contributed by atoms with E-state index < -0.39 is 0 Å². The molecule has 1 aromatic heterocycles. The first-order valence-electron chi connectivity index (χ1n) is 7.15. The molecule has 1 aromatic rings. The maximum absolute atomic E-state index is 5.76. The molecule has 6 heteroatoms. The van der Waals surface area contributed by atoms with E-state index in [2.05, 4.69) is 10.1 Å². The highest BCUT2D eigenvalue weighted by Crippen LogP contribution is 2.33. The minimum atomic E-state index is -0.0497. The number of thioether (sulfide) groups is 1. The predicted octanol–water partition coefficient (Wildman–Crippen LogP) is 2.42. The monoisotopic (exact) mass is 283 g/mol. The average molecular weight is 283 g/mol.